The Kier molecular flexibility index (Phi) is 8.12. The van der Waals surface area contributed by atoms with Gasteiger partial charge < -0.3 is 11.1 Å². The molecule has 2 aromatic heterocycles. The van der Waals surface area contributed by atoms with Crippen molar-refractivity contribution in [1.82, 2.24) is 20.2 Å². The number of allylic oxidation sites excluding steroid dienone is 1. The first kappa shape index (κ1) is 22.4. The van der Waals surface area contributed by atoms with Crippen molar-refractivity contribution in [2.24, 2.45) is 10.7 Å². The van der Waals surface area contributed by atoms with Gasteiger partial charge in [-0.3, -0.25) is 10.2 Å². The van der Waals surface area contributed by atoms with Crippen LogP contribution in [0.25, 0.3) is 0 Å². The summed E-state index contributed by atoms with van der Waals surface area (Å²) in [6.45, 7) is 7.41. The lowest BCUT2D eigenvalue weighted by molar-refractivity contribution is 0.204. The number of likely N-dealkylation sites (tertiary alicyclic amines) is 1. The molecule has 2 aromatic rings. The van der Waals surface area contributed by atoms with E-state index in [2.05, 4.69) is 43.5 Å². The van der Waals surface area contributed by atoms with E-state index in [4.69, 9.17) is 5.73 Å². The number of carbonyl (C=O) groups excluding carboxylic acids is 1. The molecule has 0 aromatic carbocycles. The molecule has 4 N–H and O–H groups in total. The van der Waals surface area contributed by atoms with E-state index in [9.17, 15) is 4.79 Å². The fraction of sp³-hybridized carbons (Fsp3) is 0.391. The van der Waals surface area contributed by atoms with Gasteiger partial charge in [0, 0.05) is 31.2 Å². The Balaban J connectivity index is 1.55. The Morgan fingerprint density at radius 3 is 2.84 bits per heavy atom. The van der Waals surface area contributed by atoms with Crippen LogP contribution in [0.5, 0.6) is 0 Å². The minimum Gasteiger partial charge on any atom is -0.405 e. The van der Waals surface area contributed by atoms with Crippen LogP contribution in [0.1, 0.15) is 42.5 Å². The van der Waals surface area contributed by atoms with Crippen molar-refractivity contribution in [3.63, 3.8) is 0 Å². The van der Waals surface area contributed by atoms with Crippen molar-refractivity contribution in [3.05, 3.63) is 59.6 Å². The normalized spacial score (nSPS) is 15.5. The van der Waals surface area contributed by atoms with Crippen LogP contribution in [0.3, 0.4) is 0 Å². The van der Waals surface area contributed by atoms with Crippen molar-refractivity contribution in [1.29, 1.82) is 0 Å². The number of hydrogen-bond donors (Lipinski definition) is 3. The summed E-state index contributed by atoms with van der Waals surface area (Å²) in [4.78, 5) is 27.3. The Hall–Kier alpha value is -3.26. The standard InChI is InChI=1S/C23H31N7O/c1-3-25-23(31)29-22-15-18(7-12-27-22)16-30-13-8-19(9-14-30)20-5-6-21(28-17(20)2)26-11-4-10-24/h4-7,10-12,15,19H,3,8-9,13-14,16,24H2,1-2H3,(H2,25,27,29,31)/b10-4-,26-11?. The molecule has 0 bridgehead atoms. The third kappa shape index (κ3) is 6.62. The molecule has 0 saturated carbocycles. The Labute approximate surface area is 183 Å². The second-order valence-corrected chi connectivity index (χ2v) is 7.59. The lowest BCUT2D eigenvalue weighted by Gasteiger charge is -2.32. The Morgan fingerprint density at radius 1 is 1.32 bits per heavy atom. The molecule has 31 heavy (non-hydrogen) atoms. The first-order chi connectivity index (χ1) is 15.1. The monoisotopic (exact) mass is 421 g/mol. The number of amides is 2. The van der Waals surface area contributed by atoms with E-state index in [1.165, 1.54) is 11.8 Å². The number of aromatic nitrogens is 2. The minimum atomic E-state index is -0.232. The second kappa shape index (κ2) is 11.2. The maximum absolute atomic E-state index is 11.7. The Bertz CT molecular complexity index is 933. The fourth-order valence-electron chi connectivity index (χ4n) is 3.85. The van der Waals surface area contributed by atoms with Gasteiger partial charge >= 0.3 is 6.03 Å². The highest BCUT2D eigenvalue weighted by atomic mass is 16.2. The number of aliphatic imine (C=N–C) groups is 1. The molecule has 2 amide bonds. The number of aryl methyl sites for hydroxylation is 1. The average Bonchev–Trinajstić information content (AvgIpc) is 2.75. The summed E-state index contributed by atoms with van der Waals surface area (Å²) in [5.41, 5.74) is 8.82. The van der Waals surface area contributed by atoms with Crippen LogP contribution >= 0.6 is 0 Å². The zero-order chi connectivity index (χ0) is 22.1. The number of anilines is 1. The highest BCUT2D eigenvalue weighted by Crippen LogP contribution is 2.31. The molecule has 1 fully saturated rings. The van der Waals surface area contributed by atoms with Crippen LogP contribution in [0.4, 0.5) is 16.4 Å². The highest BCUT2D eigenvalue weighted by molar-refractivity contribution is 5.88. The summed E-state index contributed by atoms with van der Waals surface area (Å²) in [7, 11) is 0. The molecule has 3 heterocycles. The van der Waals surface area contributed by atoms with Gasteiger partial charge in [0.05, 0.1) is 0 Å². The molecule has 8 nitrogen and oxygen atoms in total. The molecule has 164 valence electrons. The molecule has 0 spiro atoms. The van der Waals surface area contributed by atoms with E-state index in [0.717, 1.165) is 43.7 Å². The van der Waals surface area contributed by atoms with Gasteiger partial charge in [0.25, 0.3) is 0 Å². The van der Waals surface area contributed by atoms with Crippen LogP contribution < -0.4 is 16.4 Å². The summed E-state index contributed by atoms with van der Waals surface area (Å²) >= 11 is 0. The summed E-state index contributed by atoms with van der Waals surface area (Å²) in [6, 6.07) is 7.83. The molecule has 8 heteroatoms. The number of piperidine rings is 1. The molecule has 0 unspecified atom stereocenters. The molecule has 1 aliphatic heterocycles. The van der Waals surface area contributed by atoms with Gasteiger partial charge in [0.2, 0.25) is 0 Å². The minimum absolute atomic E-state index is 0.232. The van der Waals surface area contributed by atoms with E-state index in [-0.39, 0.29) is 6.03 Å². The number of carbonyl (C=O) groups is 1. The molecule has 1 aliphatic rings. The number of nitrogens with two attached hydrogens (primary N) is 1. The smallest absolute Gasteiger partial charge is 0.320 e. The topological polar surface area (TPSA) is 109 Å². The van der Waals surface area contributed by atoms with Crippen LogP contribution in [-0.2, 0) is 6.54 Å². The van der Waals surface area contributed by atoms with Gasteiger partial charge in [0.1, 0.15) is 5.82 Å². The zero-order valence-electron chi connectivity index (χ0n) is 18.2. The number of nitrogens with zero attached hydrogens (tertiary/aromatic N) is 4. The summed E-state index contributed by atoms with van der Waals surface area (Å²) < 4.78 is 0. The largest absolute Gasteiger partial charge is 0.405 e. The highest BCUT2D eigenvalue weighted by Gasteiger charge is 2.22. The van der Waals surface area contributed by atoms with Crippen molar-refractivity contribution >= 4 is 23.9 Å². The van der Waals surface area contributed by atoms with Gasteiger partial charge in [-0.25, -0.2) is 19.8 Å². The lowest BCUT2D eigenvalue weighted by atomic mass is 9.88. The van der Waals surface area contributed by atoms with Crippen molar-refractivity contribution in [2.45, 2.75) is 39.2 Å². The SMILES string of the molecule is CCNC(=O)Nc1cc(CN2CCC(c3ccc(N=C/C=C\N)nc3C)CC2)ccn1. The van der Waals surface area contributed by atoms with Crippen LogP contribution in [0.15, 0.2) is 47.7 Å². The van der Waals surface area contributed by atoms with Gasteiger partial charge in [-0.05, 0) is 87.3 Å². The molecule has 1 saturated heterocycles. The van der Waals surface area contributed by atoms with Crippen LogP contribution in [0, 0.1) is 6.92 Å². The number of pyridine rings is 2. The maximum atomic E-state index is 11.7. The van der Waals surface area contributed by atoms with Crippen molar-refractivity contribution in [3.8, 4) is 0 Å². The number of urea groups is 1. The molecule has 0 aliphatic carbocycles. The summed E-state index contributed by atoms with van der Waals surface area (Å²) in [5, 5.41) is 5.48. The van der Waals surface area contributed by atoms with Crippen LogP contribution in [0.2, 0.25) is 0 Å². The van der Waals surface area contributed by atoms with E-state index in [0.29, 0.717) is 24.1 Å². The lowest BCUT2D eigenvalue weighted by Crippen LogP contribution is -2.33. The molecule has 0 radical (unpaired) electrons. The summed E-state index contributed by atoms with van der Waals surface area (Å²) in [6.07, 6.45) is 8.71. The zero-order valence-corrected chi connectivity index (χ0v) is 18.2. The predicted molar refractivity (Wildman–Crippen MR) is 125 cm³/mol. The average molecular weight is 422 g/mol. The molecule has 3 rings (SSSR count). The maximum Gasteiger partial charge on any atom is 0.320 e. The van der Waals surface area contributed by atoms with Gasteiger partial charge in [-0.2, -0.15) is 0 Å². The quantitative estimate of drug-likeness (QED) is 0.593. The van der Waals surface area contributed by atoms with E-state index in [1.54, 1.807) is 18.5 Å². The van der Waals surface area contributed by atoms with Gasteiger partial charge in [-0.15, -0.1) is 0 Å². The number of nitrogens with one attached hydrogen (secondary N) is 2. The second-order valence-electron chi connectivity index (χ2n) is 7.59. The van der Waals surface area contributed by atoms with Gasteiger partial charge in [-0.1, -0.05) is 6.07 Å². The first-order valence-electron chi connectivity index (χ1n) is 10.7. The third-order valence-corrected chi connectivity index (χ3v) is 5.35. The molecule has 0 atom stereocenters. The molecular weight excluding hydrogens is 390 g/mol. The Morgan fingerprint density at radius 2 is 2.13 bits per heavy atom. The van der Waals surface area contributed by atoms with E-state index < -0.39 is 0 Å². The van der Waals surface area contributed by atoms with E-state index in [1.807, 2.05) is 25.1 Å². The number of hydrogen-bond acceptors (Lipinski definition) is 6. The van der Waals surface area contributed by atoms with Crippen LogP contribution in [-0.4, -0.2) is 46.7 Å². The number of rotatable bonds is 7. The fourth-order valence-corrected chi connectivity index (χ4v) is 3.85. The molecular formula is C23H31N7O. The summed E-state index contributed by atoms with van der Waals surface area (Å²) in [5.74, 6) is 1.79. The van der Waals surface area contributed by atoms with E-state index >= 15 is 0 Å². The third-order valence-electron chi connectivity index (χ3n) is 5.35. The first-order valence-corrected chi connectivity index (χ1v) is 10.7. The van der Waals surface area contributed by atoms with Crippen molar-refractivity contribution < 1.29 is 4.79 Å². The van der Waals surface area contributed by atoms with Crippen molar-refractivity contribution in [2.75, 3.05) is 25.0 Å². The predicted octanol–water partition coefficient (Wildman–Crippen LogP) is 3.48. The van der Waals surface area contributed by atoms with Gasteiger partial charge in [0.15, 0.2) is 5.82 Å².